The molecule has 0 saturated heterocycles. The van der Waals surface area contributed by atoms with E-state index in [0.29, 0.717) is 13.2 Å². The molecule has 0 spiro atoms. The Morgan fingerprint density at radius 2 is 1.90 bits per heavy atom. The second-order valence-electron chi connectivity index (χ2n) is 6.06. The first-order valence-electron chi connectivity index (χ1n) is 7.00. The Morgan fingerprint density at radius 3 is 2.45 bits per heavy atom. The normalized spacial score (nSPS) is 13.1. The van der Waals surface area contributed by atoms with Crippen LogP contribution in [0.4, 0.5) is 0 Å². The Balaban J connectivity index is 2.35. The molecule has 0 aliphatic carbocycles. The molecule has 0 heterocycles. The highest BCUT2D eigenvalue weighted by molar-refractivity contribution is 5.81. The van der Waals surface area contributed by atoms with Crippen LogP contribution in [0.3, 0.4) is 0 Å². The van der Waals surface area contributed by atoms with Crippen LogP contribution in [0, 0.1) is 0 Å². The monoisotopic (exact) mass is 278 g/mol. The number of carbonyl (C=O) groups is 1. The van der Waals surface area contributed by atoms with Crippen molar-refractivity contribution in [1.82, 2.24) is 10.2 Å². The minimum Gasteiger partial charge on any atom is -0.492 e. The van der Waals surface area contributed by atoms with E-state index in [1.807, 2.05) is 70.0 Å². The van der Waals surface area contributed by atoms with Gasteiger partial charge in [0.15, 0.2) is 0 Å². The number of amides is 1. The number of nitrogens with zero attached hydrogens (tertiary/aromatic N) is 1. The highest BCUT2D eigenvalue weighted by Crippen LogP contribution is 2.08. The molecule has 0 aliphatic rings. The van der Waals surface area contributed by atoms with E-state index in [4.69, 9.17) is 4.74 Å². The number of carbonyl (C=O) groups excluding carboxylic acids is 1. The van der Waals surface area contributed by atoms with E-state index >= 15 is 0 Å². The number of rotatable bonds is 6. The second kappa shape index (κ2) is 7.29. The molecule has 0 aliphatic heterocycles. The molecule has 0 fully saturated rings. The number of nitrogens with one attached hydrogen (secondary N) is 1. The summed E-state index contributed by atoms with van der Waals surface area (Å²) in [6.45, 7) is 9.12. The lowest BCUT2D eigenvalue weighted by atomic mass is 10.1. The fourth-order valence-corrected chi connectivity index (χ4v) is 1.69. The van der Waals surface area contributed by atoms with Crippen LogP contribution in [0.1, 0.15) is 27.7 Å². The van der Waals surface area contributed by atoms with Crippen molar-refractivity contribution in [1.29, 1.82) is 0 Å². The van der Waals surface area contributed by atoms with Crippen LogP contribution in [-0.4, -0.2) is 42.6 Å². The average Bonchev–Trinajstić information content (AvgIpc) is 2.37. The molecule has 0 bridgehead atoms. The first kappa shape index (κ1) is 16.5. The zero-order valence-corrected chi connectivity index (χ0v) is 13.1. The van der Waals surface area contributed by atoms with E-state index < -0.39 is 0 Å². The van der Waals surface area contributed by atoms with Crippen molar-refractivity contribution in [2.24, 2.45) is 0 Å². The number of hydrogen-bond acceptors (Lipinski definition) is 3. The van der Waals surface area contributed by atoms with Gasteiger partial charge in [-0.15, -0.1) is 0 Å². The summed E-state index contributed by atoms with van der Waals surface area (Å²) in [6.07, 6.45) is 0. The van der Waals surface area contributed by atoms with Crippen molar-refractivity contribution < 1.29 is 9.53 Å². The number of benzene rings is 1. The van der Waals surface area contributed by atoms with Gasteiger partial charge in [-0.05, 0) is 46.9 Å². The predicted molar refractivity (Wildman–Crippen MR) is 81.9 cm³/mol. The Hall–Kier alpha value is -1.55. The molecular formula is C16H26N2O2. The maximum atomic E-state index is 12.0. The Kier molecular flexibility index (Phi) is 6.02. The number of likely N-dealkylation sites (N-methyl/N-ethyl adjacent to an activating group) is 1. The summed E-state index contributed by atoms with van der Waals surface area (Å²) in [6, 6.07) is 9.52. The maximum Gasteiger partial charge on any atom is 0.237 e. The molecular weight excluding hydrogens is 252 g/mol. The maximum absolute atomic E-state index is 12.0. The van der Waals surface area contributed by atoms with Gasteiger partial charge in [0.1, 0.15) is 12.4 Å². The van der Waals surface area contributed by atoms with E-state index in [1.54, 1.807) is 0 Å². The molecule has 1 aromatic carbocycles. The highest BCUT2D eigenvalue weighted by Gasteiger charge is 2.22. The average molecular weight is 278 g/mol. The molecule has 1 unspecified atom stereocenters. The van der Waals surface area contributed by atoms with Gasteiger partial charge in [0.25, 0.3) is 0 Å². The predicted octanol–water partition coefficient (Wildman–Crippen LogP) is 2.30. The van der Waals surface area contributed by atoms with Gasteiger partial charge in [-0.1, -0.05) is 18.2 Å². The molecule has 0 radical (unpaired) electrons. The molecule has 1 rings (SSSR count). The zero-order chi connectivity index (χ0) is 15.2. The second-order valence-corrected chi connectivity index (χ2v) is 6.06. The van der Waals surface area contributed by atoms with Crippen LogP contribution in [0.15, 0.2) is 30.3 Å². The van der Waals surface area contributed by atoms with Crippen LogP contribution in [0.2, 0.25) is 0 Å². The lowest BCUT2D eigenvalue weighted by Gasteiger charge is -2.28. The minimum absolute atomic E-state index is 0.0414. The van der Waals surface area contributed by atoms with Gasteiger partial charge in [0, 0.05) is 12.1 Å². The van der Waals surface area contributed by atoms with E-state index in [1.165, 1.54) is 0 Å². The first-order valence-corrected chi connectivity index (χ1v) is 7.00. The number of hydrogen-bond donors (Lipinski definition) is 1. The third kappa shape index (κ3) is 6.06. The summed E-state index contributed by atoms with van der Waals surface area (Å²) in [5.74, 6) is 0.896. The third-order valence-electron chi connectivity index (χ3n) is 2.99. The van der Waals surface area contributed by atoms with Gasteiger partial charge in [-0.2, -0.15) is 0 Å². The summed E-state index contributed by atoms with van der Waals surface area (Å²) in [4.78, 5) is 14.0. The van der Waals surface area contributed by atoms with Crippen molar-refractivity contribution in [2.75, 3.05) is 20.2 Å². The van der Waals surface area contributed by atoms with Crippen LogP contribution in [0.5, 0.6) is 5.75 Å². The SMILES string of the molecule is CC(C(=O)NC(C)(C)C)N(C)CCOc1ccccc1. The fourth-order valence-electron chi connectivity index (χ4n) is 1.69. The molecule has 4 heteroatoms. The first-order chi connectivity index (χ1) is 9.29. The summed E-state index contributed by atoms with van der Waals surface area (Å²) >= 11 is 0. The Morgan fingerprint density at radius 1 is 1.30 bits per heavy atom. The summed E-state index contributed by atoms with van der Waals surface area (Å²) in [7, 11) is 1.93. The van der Waals surface area contributed by atoms with E-state index in [0.717, 1.165) is 5.75 Å². The zero-order valence-electron chi connectivity index (χ0n) is 13.1. The van der Waals surface area contributed by atoms with Crippen molar-refractivity contribution in [3.63, 3.8) is 0 Å². The smallest absolute Gasteiger partial charge is 0.237 e. The molecule has 1 amide bonds. The van der Waals surface area contributed by atoms with Gasteiger partial charge < -0.3 is 10.1 Å². The van der Waals surface area contributed by atoms with Gasteiger partial charge in [0.2, 0.25) is 5.91 Å². The molecule has 0 aromatic heterocycles. The van der Waals surface area contributed by atoms with Crippen LogP contribution in [-0.2, 0) is 4.79 Å². The number of ether oxygens (including phenoxy) is 1. The largest absolute Gasteiger partial charge is 0.492 e. The van der Waals surface area contributed by atoms with Crippen LogP contribution in [0.25, 0.3) is 0 Å². The van der Waals surface area contributed by atoms with Gasteiger partial charge >= 0.3 is 0 Å². The van der Waals surface area contributed by atoms with Gasteiger partial charge in [-0.25, -0.2) is 0 Å². The van der Waals surface area contributed by atoms with Gasteiger partial charge in [0.05, 0.1) is 6.04 Å². The van der Waals surface area contributed by atoms with Crippen LogP contribution >= 0.6 is 0 Å². The van der Waals surface area contributed by atoms with Crippen molar-refractivity contribution in [2.45, 2.75) is 39.3 Å². The van der Waals surface area contributed by atoms with Crippen molar-refractivity contribution in [3.05, 3.63) is 30.3 Å². The molecule has 0 saturated carbocycles. The molecule has 1 atom stereocenters. The quantitative estimate of drug-likeness (QED) is 0.868. The summed E-state index contributed by atoms with van der Waals surface area (Å²) in [5, 5.41) is 2.99. The Labute approximate surface area is 122 Å². The standard InChI is InChI=1S/C16H26N2O2/c1-13(15(19)17-16(2,3)4)18(5)11-12-20-14-9-7-6-8-10-14/h6-10,13H,11-12H2,1-5H3,(H,17,19). The minimum atomic E-state index is -0.202. The van der Waals surface area contributed by atoms with E-state index in [2.05, 4.69) is 5.32 Å². The molecule has 20 heavy (non-hydrogen) atoms. The highest BCUT2D eigenvalue weighted by atomic mass is 16.5. The third-order valence-corrected chi connectivity index (χ3v) is 2.99. The number of para-hydroxylation sites is 1. The molecule has 1 aromatic rings. The van der Waals surface area contributed by atoms with Crippen molar-refractivity contribution in [3.8, 4) is 5.75 Å². The topological polar surface area (TPSA) is 41.6 Å². The van der Waals surface area contributed by atoms with Gasteiger partial charge in [-0.3, -0.25) is 9.69 Å². The van der Waals surface area contributed by atoms with Crippen LogP contribution < -0.4 is 10.1 Å². The van der Waals surface area contributed by atoms with E-state index in [-0.39, 0.29) is 17.5 Å². The Bertz CT molecular complexity index is 412. The molecule has 112 valence electrons. The van der Waals surface area contributed by atoms with Crippen molar-refractivity contribution >= 4 is 5.91 Å². The molecule has 4 nitrogen and oxygen atoms in total. The lowest BCUT2D eigenvalue weighted by Crippen LogP contribution is -2.50. The summed E-state index contributed by atoms with van der Waals surface area (Å²) in [5.41, 5.74) is -0.202. The molecule has 1 N–H and O–H groups in total. The summed E-state index contributed by atoms with van der Waals surface area (Å²) < 4.78 is 5.63. The fraction of sp³-hybridized carbons (Fsp3) is 0.562. The lowest BCUT2D eigenvalue weighted by molar-refractivity contribution is -0.126. The van der Waals surface area contributed by atoms with E-state index in [9.17, 15) is 4.79 Å².